The highest BCUT2D eigenvalue weighted by molar-refractivity contribution is 6.15. The molecule has 1 aromatic heterocycles. The number of nitriles is 1. The van der Waals surface area contributed by atoms with Crippen LogP contribution in [0.2, 0.25) is 0 Å². The predicted octanol–water partition coefficient (Wildman–Crippen LogP) is 3.47. The third-order valence-corrected chi connectivity index (χ3v) is 4.12. The Labute approximate surface area is 147 Å². The molecule has 3 rings (SSSR count). The van der Waals surface area contributed by atoms with E-state index in [9.17, 15) is 5.26 Å². The standard InChI is InChI=1S/C19H20N6/c1-4-24(5-2)18-14(3)12-21-16(11-20)17-19(23-18)25(13-22-17)15-9-7-6-8-10-15/h6-10,12-13H,4-5H2,1-3H3/b14-12-,17-16?,18-14?,21-12?,21-16?,23-18+,23-19?. The lowest BCUT2D eigenvalue weighted by atomic mass is 10.2. The summed E-state index contributed by atoms with van der Waals surface area (Å²) in [5, 5.41) is 9.47. The van der Waals surface area contributed by atoms with E-state index in [-0.39, 0.29) is 5.71 Å². The number of imidazole rings is 1. The minimum atomic E-state index is 0.270. The number of hydrogen-bond acceptors (Lipinski definition) is 5. The second-order valence-electron chi connectivity index (χ2n) is 5.63. The highest BCUT2D eigenvalue weighted by Crippen LogP contribution is 2.26. The Kier molecular flexibility index (Phi) is 4.75. The molecule has 0 atom stereocenters. The van der Waals surface area contributed by atoms with Gasteiger partial charge in [0.05, 0.1) is 0 Å². The van der Waals surface area contributed by atoms with Crippen LogP contribution in [0.4, 0.5) is 5.82 Å². The summed E-state index contributed by atoms with van der Waals surface area (Å²) in [7, 11) is 0. The number of hydrogen-bond donors (Lipinski definition) is 0. The Morgan fingerprint density at radius 3 is 2.52 bits per heavy atom. The van der Waals surface area contributed by atoms with Gasteiger partial charge in [0.1, 0.15) is 23.9 Å². The van der Waals surface area contributed by atoms with E-state index in [1.165, 1.54) is 0 Å². The molecule has 0 unspecified atom stereocenters. The van der Waals surface area contributed by atoms with Crippen LogP contribution in [-0.2, 0) is 0 Å². The molecule has 2 heterocycles. The highest BCUT2D eigenvalue weighted by atomic mass is 15.2. The molecule has 126 valence electrons. The zero-order valence-electron chi connectivity index (χ0n) is 14.6. The Hall–Kier alpha value is -3.20. The van der Waals surface area contributed by atoms with E-state index in [1.54, 1.807) is 12.5 Å². The second kappa shape index (κ2) is 7.14. The topological polar surface area (TPSA) is 69.6 Å². The van der Waals surface area contributed by atoms with Gasteiger partial charge >= 0.3 is 0 Å². The number of rotatable bonds is 3. The number of nitrogens with zero attached hydrogens (tertiary/aromatic N) is 6. The summed E-state index contributed by atoms with van der Waals surface area (Å²) in [5.74, 6) is 1.48. The van der Waals surface area contributed by atoms with Crippen molar-refractivity contribution in [2.24, 2.45) is 9.98 Å². The third-order valence-electron chi connectivity index (χ3n) is 4.12. The molecule has 0 spiro atoms. The number of aliphatic imine (C=N–C) groups is 2. The molecule has 0 amide bonds. The molecule has 0 radical (unpaired) electrons. The fraction of sp³-hybridized carbons (Fsp3) is 0.263. The summed E-state index contributed by atoms with van der Waals surface area (Å²) in [6.45, 7) is 7.83. The minimum Gasteiger partial charge on any atom is -0.357 e. The van der Waals surface area contributed by atoms with Gasteiger partial charge in [-0.05, 0) is 32.9 Å². The number of aromatic nitrogens is 2. The van der Waals surface area contributed by atoms with Crippen LogP contribution in [0.15, 0.2) is 58.4 Å². The molecular formula is C19H20N6. The summed E-state index contributed by atoms with van der Waals surface area (Å²) < 4.78 is 1.89. The molecule has 0 saturated heterocycles. The first-order valence-corrected chi connectivity index (χ1v) is 8.31. The fourth-order valence-corrected chi connectivity index (χ4v) is 2.79. The first-order valence-electron chi connectivity index (χ1n) is 8.31. The largest absolute Gasteiger partial charge is 0.357 e. The second-order valence-corrected chi connectivity index (χ2v) is 5.63. The van der Waals surface area contributed by atoms with Gasteiger partial charge in [0.2, 0.25) is 0 Å². The molecule has 1 aliphatic heterocycles. The Balaban J connectivity index is 2.26. The summed E-state index contributed by atoms with van der Waals surface area (Å²) >= 11 is 0. The van der Waals surface area contributed by atoms with Gasteiger partial charge in [-0.1, -0.05) is 18.2 Å². The van der Waals surface area contributed by atoms with Gasteiger partial charge < -0.3 is 4.90 Å². The number of likely N-dealkylation sites (N-methyl/N-ethyl adjacent to an activating group) is 1. The van der Waals surface area contributed by atoms with Crippen LogP contribution in [0.1, 0.15) is 26.5 Å². The first kappa shape index (κ1) is 16.7. The molecule has 6 nitrogen and oxygen atoms in total. The van der Waals surface area contributed by atoms with Crippen molar-refractivity contribution in [1.82, 2.24) is 14.5 Å². The maximum Gasteiger partial charge on any atom is 0.170 e. The zero-order valence-corrected chi connectivity index (χ0v) is 14.6. The third kappa shape index (κ3) is 3.09. The maximum absolute atomic E-state index is 9.47. The normalized spacial score (nSPS) is 17.8. The number of fused-ring (bicyclic) bond motifs is 1. The van der Waals surface area contributed by atoms with Gasteiger partial charge in [0.15, 0.2) is 11.5 Å². The van der Waals surface area contributed by atoms with Crippen molar-refractivity contribution >= 4 is 17.4 Å². The van der Waals surface area contributed by atoms with Crippen LogP contribution < -0.4 is 0 Å². The van der Waals surface area contributed by atoms with Crippen molar-refractivity contribution in [1.29, 1.82) is 5.26 Å². The Morgan fingerprint density at radius 1 is 1.16 bits per heavy atom. The van der Waals surface area contributed by atoms with Crippen molar-refractivity contribution in [2.75, 3.05) is 13.1 Å². The van der Waals surface area contributed by atoms with E-state index in [2.05, 4.69) is 34.8 Å². The van der Waals surface area contributed by atoms with Gasteiger partial charge in [0, 0.05) is 30.5 Å². The van der Waals surface area contributed by atoms with Crippen LogP contribution in [0, 0.1) is 11.3 Å². The van der Waals surface area contributed by atoms with Crippen LogP contribution >= 0.6 is 0 Å². The van der Waals surface area contributed by atoms with Crippen LogP contribution in [0.25, 0.3) is 5.69 Å². The van der Waals surface area contributed by atoms with E-state index in [1.807, 2.05) is 41.8 Å². The van der Waals surface area contributed by atoms with E-state index in [0.717, 1.165) is 30.2 Å². The van der Waals surface area contributed by atoms with Gasteiger partial charge in [-0.15, -0.1) is 0 Å². The fourth-order valence-electron chi connectivity index (χ4n) is 2.79. The molecule has 0 bridgehead atoms. The Bertz CT molecular complexity index is 892. The number of para-hydroxylation sites is 1. The quantitative estimate of drug-likeness (QED) is 0.864. The zero-order chi connectivity index (χ0) is 17.8. The summed E-state index contributed by atoms with van der Waals surface area (Å²) in [6, 6.07) is 12.0. The van der Waals surface area contributed by atoms with Crippen molar-refractivity contribution in [2.45, 2.75) is 20.8 Å². The molecule has 1 aromatic carbocycles. The summed E-state index contributed by atoms with van der Waals surface area (Å²) in [5.41, 5.74) is 2.63. The van der Waals surface area contributed by atoms with Crippen molar-refractivity contribution in [3.8, 4) is 11.8 Å². The molecule has 0 fully saturated rings. The molecule has 0 saturated carbocycles. The van der Waals surface area contributed by atoms with Gasteiger partial charge in [-0.3, -0.25) is 4.57 Å². The minimum absolute atomic E-state index is 0.270. The molecule has 2 aromatic rings. The average Bonchev–Trinajstić information content (AvgIpc) is 3.05. The van der Waals surface area contributed by atoms with E-state index >= 15 is 0 Å². The lowest BCUT2D eigenvalue weighted by molar-refractivity contribution is 0.465. The summed E-state index contributed by atoms with van der Waals surface area (Å²) in [4.78, 5) is 15.8. The lowest BCUT2D eigenvalue weighted by Gasteiger charge is -2.24. The molecular weight excluding hydrogens is 312 g/mol. The number of benzene rings is 1. The SMILES string of the molecule is CCN(CC)C1=N/c2c(ncn2-c2ccccc2)C(C#N)=N/C=C\1C. The molecule has 6 heteroatoms. The van der Waals surface area contributed by atoms with Crippen LogP contribution in [0.5, 0.6) is 0 Å². The van der Waals surface area contributed by atoms with E-state index < -0.39 is 0 Å². The van der Waals surface area contributed by atoms with Gasteiger partial charge in [0.25, 0.3) is 0 Å². The molecule has 0 aliphatic carbocycles. The lowest BCUT2D eigenvalue weighted by Crippen LogP contribution is -2.31. The van der Waals surface area contributed by atoms with Gasteiger partial charge in [-0.25, -0.2) is 15.0 Å². The monoisotopic (exact) mass is 332 g/mol. The molecule has 1 aliphatic rings. The van der Waals surface area contributed by atoms with Crippen molar-refractivity contribution < 1.29 is 0 Å². The average molecular weight is 332 g/mol. The predicted molar refractivity (Wildman–Crippen MR) is 99.5 cm³/mol. The van der Waals surface area contributed by atoms with E-state index in [4.69, 9.17) is 4.99 Å². The van der Waals surface area contributed by atoms with Crippen LogP contribution in [-0.4, -0.2) is 39.1 Å². The molecule has 25 heavy (non-hydrogen) atoms. The van der Waals surface area contributed by atoms with Crippen molar-refractivity contribution in [3.05, 3.63) is 54.1 Å². The number of amidine groups is 1. The van der Waals surface area contributed by atoms with Gasteiger partial charge in [-0.2, -0.15) is 5.26 Å². The first-order chi connectivity index (χ1) is 12.2. The maximum atomic E-state index is 9.47. The smallest absolute Gasteiger partial charge is 0.170 e. The van der Waals surface area contributed by atoms with Crippen LogP contribution in [0.3, 0.4) is 0 Å². The Morgan fingerprint density at radius 2 is 1.88 bits per heavy atom. The summed E-state index contributed by atoms with van der Waals surface area (Å²) in [6.07, 6.45) is 3.39. The highest BCUT2D eigenvalue weighted by Gasteiger charge is 2.21. The van der Waals surface area contributed by atoms with E-state index in [0.29, 0.717) is 11.5 Å². The molecule has 0 N–H and O–H groups in total. The van der Waals surface area contributed by atoms with Crippen molar-refractivity contribution in [3.63, 3.8) is 0 Å².